The number of fused-ring (bicyclic) bond motifs is 4. The molecule has 6 nitrogen and oxygen atoms in total. The number of esters is 2. The molecule has 0 saturated heterocycles. The van der Waals surface area contributed by atoms with E-state index < -0.39 is 27.9 Å². The minimum absolute atomic E-state index is 0.126. The van der Waals surface area contributed by atoms with Crippen LogP contribution in [0.15, 0.2) is 125 Å². The Kier molecular flexibility index (Phi) is 5.68. The van der Waals surface area contributed by atoms with Gasteiger partial charge in [-0.2, -0.15) is 0 Å². The molecule has 2 bridgehead atoms. The molecule has 4 aromatic carbocycles. The van der Waals surface area contributed by atoms with Crippen LogP contribution in [-0.2, 0) is 39.7 Å². The Bertz CT molecular complexity index is 1700. The molecule has 3 heterocycles. The summed E-state index contributed by atoms with van der Waals surface area (Å²) in [6.45, 7) is 0. The SMILES string of the molecule is COC(=O)C1=C2N(C)c3ccccc3SC(c3ccccc3)(c3ccccc3)[C@]23O[C@@]1(C(=O)OC)c1ccccc13. The summed E-state index contributed by atoms with van der Waals surface area (Å²) in [6.07, 6.45) is 0. The second kappa shape index (κ2) is 9.09. The van der Waals surface area contributed by atoms with Gasteiger partial charge in [0, 0.05) is 17.5 Å². The maximum absolute atomic E-state index is 14.0. The van der Waals surface area contributed by atoms with E-state index in [2.05, 4.69) is 30.3 Å². The fourth-order valence-electron chi connectivity index (χ4n) is 6.93. The Morgan fingerprint density at radius 3 is 1.90 bits per heavy atom. The molecule has 41 heavy (non-hydrogen) atoms. The van der Waals surface area contributed by atoms with Crippen LogP contribution in [0.2, 0.25) is 0 Å². The summed E-state index contributed by atoms with van der Waals surface area (Å²) in [6, 6.07) is 36.1. The lowest BCUT2D eigenvalue weighted by Gasteiger charge is -2.48. The highest BCUT2D eigenvalue weighted by Crippen LogP contribution is 2.74. The molecule has 0 aliphatic carbocycles. The van der Waals surface area contributed by atoms with Gasteiger partial charge in [0.15, 0.2) is 5.60 Å². The topological polar surface area (TPSA) is 65.1 Å². The Morgan fingerprint density at radius 1 is 0.732 bits per heavy atom. The van der Waals surface area contributed by atoms with E-state index in [1.54, 1.807) is 11.8 Å². The van der Waals surface area contributed by atoms with Crippen LogP contribution >= 0.6 is 11.8 Å². The zero-order valence-electron chi connectivity index (χ0n) is 22.8. The van der Waals surface area contributed by atoms with E-state index in [0.29, 0.717) is 11.3 Å². The molecule has 204 valence electrons. The number of ether oxygens (including phenoxy) is 3. The Labute approximate surface area is 242 Å². The van der Waals surface area contributed by atoms with Crippen LogP contribution in [0.1, 0.15) is 22.3 Å². The van der Waals surface area contributed by atoms with Crippen molar-refractivity contribution in [2.45, 2.75) is 20.8 Å². The fraction of sp³-hybridized carbons (Fsp3) is 0.176. The second-order valence-electron chi connectivity index (χ2n) is 10.3. The quantitative estimate of drug-likeness (QED) is 0.287. The zero-order valence-corrected chi connectivity index (χ0v) is 23.6. The number of hydrogen-bond acceptors (Lipinski definition) is 7. The lowest BCUT2D eigenvalue weighted by molar-refractivity contribution is -0.176. The number of methoxy groups -OCH3 is 2. The highest BCUT2D eigenvalue weighted by molar-refractivity contribution is 8.00. The molecular weight excluding hydrogens is 534 g/mol. The second-order valence-corrected chi connectivity index (χ2v) is 11.5. The summed E-state index contributed by atoms with van der Waals surface area (Å²) in [7, 11) is 4.56. The van der Waals surface area contributed by atoms with Gasteiger partial charge in [-0.3, -0.25) is 0 Å². The predicted molar refractivity (Wildman–Crippen MR) is 156 cm³/mol. The molecule has 7 rings (SSSR count). The van der Waals surface area contributed by atoms with Gasteiger partial charge in [0.05, 0.1) is 25.6 Å². The maximum Gasteiger partial charge on any atom is 0.348 e. The molecule has 0 amide bonds. The van der Waals surface area contributed by atoms with Crippen LogP contribution < -0.4 is 4.90 Å². The molecule has 0 aromatic heterocycles. The third kappa shape index (κ3) is 3.02. The first-order chi connectivity index (χ1) is 20.0. The molecule has 0 fully saturated rings. The number of carbonyl (C=O) groups is 2. The van der Waals surface area contributed by atoms with Crippen LogP contribution in [0.3, 0.4) is 0 Å². The highest BCUT2D eigenvalue weighted by Gasteiger charge is 2.78. The molecule has 0 N–H and O–H groups in total. The molecule has 3 aliphatic heterocycles. The summed E-state index contributed by atoms with van der Waals surface area (Å²) in [5.41, 5.74) is 1.68. The normalized spacial score (nSPS) is 23.2. The first kappa shape index (κ1) is 25.6. The lowest BCUT2D eigenvalue weighted by atomic mass is 9.65. The van der Waals surface area contributed by atoms with Gasteiger partial charge in [0.25, 0.3) is 0 Å². The minimum Gasteiger partial charge on any atom is -0.466 e. The van der Waals surface area contributed by atoms with Crippen molar-refractivity contribution >= 4 is 29.4 Å². The summed E-state index contributed by atoms with van der Waals surface area (Å²) in [5.74, 6) is -1.32. The van der Waals surface area contributed by atoms with E-state index in [1.807, 2.05) is 90.8 Å². The first-order valence-corrected chi connectivity index (χ1v) is 14.1. The van der Waals surface area contributed by atoms with Crippen molar-refractivity contribution in [3.05, 3.63) is 143 Å². The van der Waals surface area contributed by atoms with E-state index in [9.17, 15) is 9.59 Å². The third-order valence-electron chi connectivity index (χ3n) is 8.46. The summed E-state index contributed by atoms with van der Waals surface area (Å²) in [5, 5.41) is 0. The maximum atomic E-state index is 14.0. The number of para-hydroxylation sites is 1. The van der Waals surface area contributed by atoms with Crippen molar-refractivity contribution in [2.24, 2.45) is 0 Å². The van der Waals surface area contributed by atoms with E-state index in [-0.39, 0.29) is 5.57 Å². The number of nitrogens with zero attached hydrogens (tertiary/aromatic N) is 1. The van der Waals surface area contributed by atoms with Crippen molar-refractivity contribution in [3.8, 4) is 0 Å². The van der Waals surface area contributed by atoms with Crippen LogP contribution in [0.25, 0.3) is 0 Å². The zero-order chi connectivity index (χ0) is 28.4. The standard InChI is InChI=1S/C34H27NO5S/c1-35-26-20-12-13-21-27(26)41-34(22-14-6-4-7-15-22,23-16-8-5-9-17-23)33-25-19-11-10-18-24(25)32(40-33,31(37)39-3)28(29(33)35)30(36)38-2/h4-21H,1-3H3/t32-,33+/m0/s1. The fourth-order valence-corrected chi connectivity index (χ4v) is 8.61. The van der Waals surface area contributed by atoms with Gasteiger partial charge < -0.3 is 19.1 Å². The molecule has 4 aromatic rings. The van der Waals surface area contributed by atoms with Crippen molar-refractivity contribution in [1.29, 1.82) is 0 Å². The number of thioether (sulfide) groups is 1. The largest absolute Gasteiger partial charge is 0.466 e. The highest BCUT2D eigenvalue weighted by atomic mass is 32.2. The lowest BCUT2D eigenvalue weighted by Crippen LogP contribution is -2.50. The molecule has 7 heteroatoms. The average molecular weight is 562 g/mol. The molecule has 1 spiro atoms. The van der Waals surface area contributed by atoms with Gasteiger partial charge in [-0.15, -0.1) is 11.8 Å². The van der Waals surface area contributed by atoms with Crippen LogP contribution in [0, 0.1) is 0 Å². The number of anilines is 1. The number of benzene rings is 4. The molecular formula is C34H27NO5S. The third-order valence-corrected chi connectivity index (χ3v) is 10.1. The van der Waals surface area contributed by atoms with Gasteiger partial charge in [0.2, 0.25) is 5.60 Å². The number of carbonyl (C=O) groups excluding carboxylic acids is 2. The Hall–Kier alpha value is -4.33. The summed E-state index contributed by atoms with van der Waals surface area (Å²) < 4.78 is 17.1. The first-order valence-electron chi connectivity index (χ1n) is 13.3. The molecule has 3 aliphatic rings. The van der Waals surface area contributed by atoms with Crippen LogP contribution in [-0.4, -0.2) is 33.2 Å². The van der Waals surface area contributed by atoms with Gasteiger partial charge in [-0.25, -0.2) is 9.59 Å². The van der Waals surface area contributed by atoms with Crippen molar-refractivity contribution in [3.63, 3.8) is 0 Å². The van der Waals surface area contributed by atoms with Gasteiger partial charge >= 0.3 is 11.9 Å². The number of likely N-dealkylation sites (N-methyl/N-ethyl adjacent to an activating group) is 1. The number of hydrogen-bond donors (Lipinski definition) is 0. The monoisotopic (exact) mass is 561 g/mol. The average Bonchev–Trinajstić information content (AvgIpc) is 3.50. The van der Waals surface area contributed by atoms with E-state index in [1.165, 1.54) is 14.2 Å². The minimum atomic E-state index is -1.83. The number of rotatable bonds is 4. The smallest absolute Gasteiger partial charge is 0.348 e. The molecule has 0 unspecified atom stereocenters. The van der Waals surface area contributed by atoms with E-state index in [4.69, 9.17) is 14.2 Å². The molecule has 2 atom stereocenters. The van der Waals surface area contributed by atoms with Crippen molar-refractivity contribution in [1.82, 2.24) is 0 Å². The van der Waals surface area contributed by atoms with Crippen molar-refractivity contribution < 1.29 is 23.8 Å². The molecule has 0 radical (unpaired) electrons. The van der Waals surface area contributed by atoms with Gasteiger partial charge in [-0.05, 0) is 28.8 Å². The molecule has 0 saturated carbocycles. The van der Waals surface area contributed by atoms with E-state index in [0.717, 1.165) is 27.3 Å². The van der Waals surface area contributed by atoms with Crippen LogP contribution in [0.5, 0.6) is 0 Å². The van der Waals surface area contributed by atoms with Gasteiger partial charge in [0.1, 0.15) is 10.3 Å². The van der Waals surface area contributed by atoms with Crippen LogP contribution in [0.4, 0.5) is 5.69 Å². The Morgan fingerprint density at radius 2 is 1.29 bits per heavy atom. The van der Waals surface area contributed by atoms with Crippen molar-refractivity contribution in [2.75, 3.05) is 26.2 Å². The Balaban J connectivity index is 1.76. The summed E-state index contributed by atoms with van der Waals surface area (Å²) in [4.78, 5) is 31.0. The predicted octanol–water partition coefficient (Wildman–Crippen LogP) is 5.91. The van der Waals surface area contributed by atoms with E-state index >= 15 is 0 Å². The summed E-state index contributed by atoms with van der Waals surface area (Å²) >= 11 is 1.66. The van der Waals surface area contributed by atoms with Gasteiger partial charge in [-0.1, -0.05) is 97.1 Å².